The minimum atomic E-state index is -1.05. The zero-order chi connectivity index (χ0) is 59.0. The predicted molar refractivity (Wildman–Crippen MR) is 295 cm³/mol. The Bertz CT molecular complexity index is 2800. The number of rotatable bonds is 21. The van der Waals surface area contributed by atoms with E-state index >= 15 is 0 Å². The molecule has 0 fully saturated rings. The number of carboxylic acid groups (broad SMARTS) is 1. The quantitative estimate of drug-likeness (QED) is 0.0386. The maximum absolute atomic E-state index is 11.8. The smallest absolute Gasteiger partial charge is 0.360 e. The molecular weight excluding hydrogens is 1030 g/mol. The molecule has 4 aromatic carbocycles. The van der Waals surface area contributed by atoms with Crippen LogP contribution in [0.1, 0.15) is 129 Å². The summed E-state index contributed by atoms with van der Waals surface area (Å²) in [5, 5.41) is 26.2. The lowest BCUT2D eigenvalue weighted by molar-refractivity contribution is -0.153. The van der Waals surface area contributed by atoms with Crippen molar-refractivity contribution in [2.24, 2.45) is 28.5 Å². The van der Waals surface area contributed by atoms with Gasteiger partial charge in [-0.15, -0.1) is 0 Å². The van der Waals surface area contributed by atoms with E-state index in [4.69, 9.17) is 48.5 Å². The number of oxazole rings is 2. The van der Waals surface area contributed by atoms with E-state index in [1.807, 2.05) is 163 Å². The van der Waals surface area contributed by atoms with E-state index in [1.165, 1.54) is 6.26 Å². The van der Waals surface area contributed by atoms with Gasteiger partial charge in [-0.05, 0) is 22.3 Å². The van der Waals surface area contributed by atoms with E-state index in [-0.39, 0.29) is 86.3 Å². The number of hydrogen-bond acceptors (Lipinski definition) is 19. The number of Topliss-reactive ketones (excluding diaryl/α,β-unsaturated/α-hetero) is 1. The SMILES string of the molecule is CC(C)C(=O)CC(CO)C(=O)OCc1ccccc1.CC(C)C1=NC(C(=O)OCc2ccccc2)CO1.CC(C)c1nc(C(=O)O)co1.CC(C)c1nc(C(=O)OCc2ccccc2)co1.NC(CO)C(=O)OCc1ccccc1. The van der Waals surface area contributed by atoms with Crippen LogP contribution in [0.3, 0.4) is 0 Å². The molecule has 1 aliphatic rings. The summed E-state index contributed by atoms with van der Waals surface area (Å²) >= 11 is 0. The maximum atomic E-state index is 11.8. The van der Waals surface area contributed by atoms with Crippen LogP contribution < -0.4 is 5.73 Å². The summed E-state index contributed by atoms with van der Waals surface area (Å²) in [6.45, 7) is 15.6. The van der Waals surface area contributed by atoms with Crippen molar-refractivity contribution < 1.29 is 76.6 Å². The number of hydrogen-bond donors (Lipinski definition) is 4. The van der Waals surface area contributed by atoms with E-state index in [0.29, 0.717) is 24.3 Å². The normalized spacial score (nSPS) is 13.0. The number of carboxylic acids is 1. The second-order valence-electron chi connectivity index (χ2n) is 19.0. The number of aromatic nitrogens is 2. The monoisotopic (exact) mass is 1110 g/mol. The Labute approximate surface area is 466 Å². The van der Waals surface area contributed by atoms with Crippen molar-refractivity contribution in [1.82, 2.24) is 9.97 Å². The van der Waals surface area contributed by atoms with Gasteiger partial charge in [-0.1, -0.05) is 177 Å². The molecule has 430 valence electrons. The van der Waals surface area contributed by atoms with Gasteiger partial charge < -0.3 is 53.6 Å². The van der Waals surface area contributed by atoms with E-state index in [0.717, 1.165) is 28.5 Å². The van der Waals surface area contributed by atoms with Crippen LogP contribution in [0.15, 0.2) is 148 Å². The first-order valence-corrected chi connectivity index (χ1v) is 25.9. The summed E-state index contributed by atoms with van der Waals surface area (Å²) in [5.41, 5.74) is 9.12. The van der Waals surface area contributed by atoms with Gasteiger partial charge in [0.2, 0.25) is 0 Å². The Balaban J connectivity index is 0.000000266. The third-order valence-corrected chi connectivity index (χ3v) is 10.9. The molecule has 3 atom stereocenters. The number of ketones is 1. The van der Waals surface area contributed by atoms with Gasteiger partial charge in [0.1, 0.15) is 57.4 Å². The zero-order valence-corrected chi connectivity index (χ0v) is 46.5. The molecule has 5 N–H and O–H groups in total. The molecule has 1 aliphatic heterocycles. The highest BCUT2D eigenvalue weighted by atomic mass is 16.6. The highest BCUT2D eigenvalue weighted by Gasteiger charge is 2.28. The summed E-state index contributed by atoms with van der Waals surface area (Å²) in [5.74, 6) is -1.78. The first kappa shape index (κ1) is 66.0. The van der Waals surface area contributed by atoms with Crippen LogP contribution in [0.2, 0.25) is 0 Å². The number of aromatic carboxylic acids is 1. The van der Waals surface area contributed by atoms with Crippen molar-refractivity contribution >= 4 is 41.5 Å². The largest absolute Gasteiger partial charge is 0.478 e. The Kier molecular flexibility index (Phi) is 29.6. The first-order valence-electron chi connectivity index (χ1n) is 25.9. The number of nitrogens with zero attached hydrogens (tertiary/aromatic N) is 3. The summed E-state index contributed by atoms with van der Waals surface area (Å²) in [7, 11) is 0. The second kappa shape index (κ2) is 36.0. The van der Waals surface area contributed by atoms with Crippen LogP contribution in [-0.2, 0) is 69.3 Å². The Hall–Kier alpha value is -8.33. The molecule has 80 heavy (non-hydrogen) atoms. The molecular formula is C60H74N4O16. The molecule has 3 unspecified atom stereocenters. The van der Waals surface area contributed by atoms with Crippen molar-refractivity contribution in [2.45, 2.75) is 112 Å². The minimum Gasteiger partial charge on any atom is -0.478 e. The van der Waals surface area contributed by atoms with Crippen LogP contribution in [0.25, 0.3) is 0 Å². The molecule has 0 spiro atoms. The number of esters is 4. The fourth-order valence-electron chi connectivity index (χ4n) is 6.21. The third kappa shape index (κ3) is 25.0. The minimum absolute atomic E-state index is 0.0296. The lowest BCUT2D eigenvalue weighted by Crippen LogP contribution is -2.35. The average Bonchev–Trinajstić information content (AvgIpc) is 4.29. The van der Waals surface area contributed by atoms with Crippen LogP contribution in [0.4, 0.5) is 0 Å². The van der Waals surface area contributed by atoms with Gasteiger partial charge in [0.15, 0.2) is 35.1 Å². The molecule has 20 nitrogen and oxygen atoms in total. The number of benzene rings is 4. The Morgan fingerprint density at radius 2 is 0.975 bits per heavy atom. The fourth-order valence-corrected chi connectivity index (χ4v) is 6.21. The van der Waals surface area contributed by atoms with Gasteiger partial charge in [0, 0.05) is 30.1 Å². The van der Waals surface area contributed by atoms with Crippen molar-refractivity contribution in [1.29, 1.82) is 0 Å². The molecule has 2 aromatic heterocycles. The van der Waals surface area contributed by atoms with Crippen LogP contribution >= 0.6 is 0 Å². The molecule has 7 rings (SSSR count). The van der Waals surface area contributed by atoms with Crippen molar-refractivity contribution in [3.05, 3.63) is 179 Å². The van der Waals surface area contributed by atoms with E-state index < -0.39 is 48.5 Å². The fraction of sp³-hybridized carbons (Fsp3) is 0.383. The van der Waals surface area contributed by atoms with E-state index in [1.54, 1.807) is 13.8 Å². The molecule has 0 bridgehead atoms. The lowest BCUT2D eigenvalue weighted by atomic mass is 9.97. The number of aliphatic imine (C=N–C) groups is 1. The van der Waals surface area contributed by atoms with Crippen molar-refractivity contribution in [2.75, 3.05) is 19.8 Å². The third-order valence-electron chi connectivity index (χ3n) is 10.9. The summed E-state index contributed by atoms with van der Waals surface area (Å²) in [6.07, 6.45) is 2.52. The van der Waals surface area contributed by atoms with E-state index in [2.05, 4.69) is 15.0 Å². The molecule has 0 radical (unpaired) electrons. The molecule has 0 amide bonds. The topological polar surface area (TPSA) is 300 Å². The number of aliphatic hydroxyl groups is 2. The predicted octanol–water partition coefficient (Wildman–Crippen LogP) is 8.84. The highest BCUT2D eigenvalue weighted by Crippen LogP contribution is 2.17. The number of carbonyl (C=O) groups is 6. The Morgan fingerprint density at radius 1 is 0.562 bits per heavy atom. The van der Waals surface area contributed by atoms with Gasteiger partial charge in [0.25, 0.3) is 0 Å². The maximum Gasteiger partial charge on any atom is 0.360 e. The van der Waals surface area contributed by atoms with Gasteiger partial charge >= 0.3 is 29.8 Å². The summed E-state index contributed by atoms with van der Waals surface area (Å²) < 4.78 is 35.8. The molecule has 0 aliphatic carbocycles. The number of carbonyl (C=O) groups excluding carboxylic acids is 5. The number of ether oxygens (including phenoxy) is 5. The number of nitrogens with two attached hydrogens (primary N) is 1. The molecule has 20 heteroatoms. The van der Waals surface area contributed by atoms with Crippen LogP contribution in [0, 0.1) is 17.8 Å². The molecule has 3 heterocycles. The Morgan fingerprint density at radius 3 is 1.34 bits per heavy atom. The standard InChI is InChI=1S/C15H20O4.C14H17NO3.C14H15NO3.C10H13NO3.C7H9NO3/c1-11(2)14(17)8-13(9-16)15(18)19-10-12-6-4-3-5-7-12;2*1-10(2)13-15-12(9-17-13)14(16)18-8-11-6-4-3-5-7-11;11-9(6-12)10(13)14-7-8-4-2-1-3-5-8;1-4(2)6-8-5(3-11-6)7(9)10/h3-7,11,13,16H,8-10H2,1-2H3;3-7,10,12H,8-9H2,1-2H3;3-7,9-10H,8H2,1-2H3;1-5,9,12H,6-7,11H2;3-4H,1-2H3,(H,9,10). The molecule has 0 saturated heterocycles. The molecule has 0 saturated carbocycles. The van der Waals surface area contributed by atoms with Gasteiger partial charge in [-0.3, -0.25) is 14.4 Å². The highest BCUT2D eigenvalue weighted by molar-refractivity contribution is 5.88. The zero-order valence-electron chi connectivity index (χ0n) is 46.5. The van der Waals surface area contributed by atoms with Crippen molar-refractivity contribution in [3.63, 3.8) is 0 Å². The second-order valence-corrected chi connectivity index (χ2v) is 19.0. The molecule has 6 aromatic rings. The van der Waals surface area contributed by atoms with Gasteiger partial charge in [0.05, 0.1) is 19.1 Å². The summed E-state index contributed by atoms with van der Waals surface area (Å²) in [4.78, 5) is 80.2. The van der Waals surface area contributed by atoms with E-state index in [9.17, 15) is 33.9 Å². The lowest BCUT2D eigenvalue weighted by Gasteiger charge is -2.14. The average molecular weight is 1110 g/mol. The first-order chi connectivity index (χ1) is 38.2. The van der Waals surface area contributed by atoms with Crippen LogP contribution in [-0.4, -0.2) is 98.7 Å². The van der Waals surface area contributed by atoms with Gasteiger partial charge in [-0.2, -0.15) is 0 Å². The van der Waals surface area contributed by atoms with Crippen LogP contribution in [0.5, 0.6) is 0 Å². The summed E-state index contributed by atoms with van der Waals surface area (Å²) in [6, 6.07) is 36.2. The van der Waals surface area contributed by atoms with Gasteiger partial charge in [-0.25, -0.2) is 29.3 Å². The number of aliphatic hydroxyl groups excluding tert-OH is 2. The van der Waals surface area contributed by atoms with Crippen molar-refractivity contribution in [3.8, 4) is 0 Å².